The third-order valence-electron chi connectivity index (χ3n) is 1.76. The minimum Gasteiger partial charge on any atom is -0.444 e. The summed E-state index contributed by atoms with van der Waals surface area (Å²) in [6, 6.07) is 3.58. The fourth-order valence-corrected chi connectivity index (χ4v) is 1.55. The number of amides is 1. The van der Waals surface area contributed by atoms with Gasteiger partial charge in [0, 0.05) is 24.0 Å². The molecule has 6 heteroatoms. The van der Waals surface area contributed by atoms with Crippen LogP contribution in [0, 0.1) is 0 Å². The molecular formula is C10H9N3O2S. The third-order valence-corrected chi connectivity index (χ3v) is 2.45. The Morgan fingerprint density at radius 3 is 2.88 bits per heavy atom. The zero-order valence-corrected chi connectivity index (χ0v) is 9.11. The van der Waals surface area contributed by atoms with Crippen LogP contribution in [-0.4, -0.2) is 16.1 Å². The number of anilines is 1. The number of hydrogen-bond donors (Lipinski definition) is 1. The topological polar surface area (TPSA) is 64.1 Å². The minimum absolute atomic E-state index is 0.222. The molecule has 0 aromatic carbocycles. The maximum absolute atomic E-state index is 11.3. The van der Waals surface area contributed by atoms with Crippen LogP contribution in [0.5, 0.6) is 0 Å². The summed E-state index contributed by atoms with van der Waals surface area (Å²) in [6.45, 7) is 0.222. The molecule has 0 saturated carbocycles. The number of nitrogens with zero attached hydrogens (tertiary/aromatic N) is 2. The molecule has 0 aliphatic heterocycles. The summed E-state index contributed by atoms with van der Waals surface area (Å²) in [7, 11) is 0. The van der Waals surface area contributed by atoms with E-state index in [4.69, 9.17) is 4.74 Å². The van der Waals surface area contributed by atoms with Gasteiger partial charge in [-0.3, -0.25) is 10.3 Å². The van der Waals surface area contributed by atoms with Crippen LogP contribution in [-0.2, 0) is 11.3 Å². The van der Waals surface area contributed by atoms with Crippen molar-refractivity contribution in [2.24, 2.45) is 0 Å². The first-order valence-electron chi connectivity index (χ1n) is 4.57. The van der Waals surface area contributed by atoms with E-state index in [2.05, 4.69) is 15.3 Å². The second kappa shape index (κ2) is 5.22. The third kappa shape index (κ3) is 3.03. The van der Waals surface area contributed by atoms with Crippen LogP contribution in [0.3, 0.4) is 0 Å². The molecule has 0 spiro atoms. The van der Waals surface area contributed by atoms with Gasteiger partial charge in [-0.25, -0.2) is 9.78 Å². The molecule has 1 amide bonds. The first-order valence-corrected chi connectivity index (χ1v) is 5.45. The van der Waals surface area contributed by atoms with Crippen LogP contribution >= 0.6 is 11.3 Å². The van der Waals surface area contributed by atoms with E-state index in [1.807, 2.05) is 0 Å². The van der Waals surface area contributed by atoms with Gasteiger partial charge in [0.2, 0.25) is 0 Å². The number of nitrogens with one attached hydrogen (secondary N) is 1. The molecule has 5 nitrogen and oxygen atoms in total. The molecule has 0 aliphatic carbocycles. The Balaban J connectivity index is 1.80. The highest BCUT2D eigenvalue weighted by molar-refractivity contribution is 7.13. The quantitative estimate of drug-likeness (QED) is 0.886. The SMILES string of the molecule is O=C(Nc1nccs1)OCc1ccncc1. The molecular weight excluding hydrogens is 226 g/mol. The summed E-state index contributed by atoms with van der Waals surface area (Å²) >= 11 is 1.34. The highest BCUT2D eigenvalue weighted by Crippen LogP contribution is 2.10. The van der Waals surface area contributed by atoms with Crippen molar-refractivity contribution in [1.29, 1.82) is 0 Å². The second-order valence-electron chi connectivity index (χ2n) is 2.89. The van der Waals surface area contributed by atoms with Crippen LogP contribution in [0.4, 0.5) is 9.93 Å². The molecule has 2 aromatic rings. The van der Waals surface area contributed by atoms with Crippen LogP contribution in [0.1, 0.15) is 5.56 Å². The standard InChI is InChI=1S/C10H9N3O2S/c14-10(13-9-12-5-6-16-9)15-7-8-1-3-11-4-2-8/h1-6H,7H2,(H,12,13,14). The summed E-state index contributed by atoms with van der Waals surface area (Å²) in [5.41, 5.74) is 0.893. The summed E-state index contributed by atoms with van der Waals surface area (Å²) in [6.07, 6.45) is 4.41. The smallest absolute Gasteiger partial charge is 0.413 e. The normalized spacial score (nSPS) is 9.75. The van der Waals surface area contributed by atoms with Crippen molar-refractivity contribution in [3.63, 3.8) is 0 Å². The lowest BCUT2D eigenvalue weighted by molar-refractivity contribution is 0.155. The minimum atomic E-state index is -0.508. The number of pyridine rings is 1. The fourth-order valence-electron chi connectivity index (χ4n) is 1.04. The molecule has 0 fully saturated rings. The van der Waals surface area contributed by atoms with Gasteiger partial charge in [0.05, 0.1) is 0 Å². The predicted molar refractivity (Wildman–Crippen MR) is 60.2 cm³/mol. The van der Waals surface area contributed by atoms with E-state index in [1.165, 1.54) is 11.3 Å². The Labute approximate surface area is 96.1 Å². The van der Waals surface area contributed by atoms with Gasteiger partial charge in [-0.2, -0.15) is 0 Å². The van der Waals surface area contributed by atoms with Crippen molar-refractivity contribution < 1.29 is 9.53 Å². The monoisotopic (exact) mass is 235 g/mol. The maximum Gasteiger partial charge on any atom is 0.413 e. The van der Waals surface area contributed by atoms with Gasteiger partial charge < -0.3 is 4.74 Å². The van der Waals surface area contributed by atoms with Crippen molar-refractivity contribution in [2.45, 2.75) is 6.61 Å². The van der Waals surface area contributed by atoms with Gasteiger partial charge in [-0.15, -0.1) is 11.3 Å². The van der Waals surface area contributed by atoms with Crippen molar-refractivity contribution in [3.8, 4) is 0 Å². The molecule has 2 rings (SSSR count). The molecule has 82 valence electrons. The van der Waals surface area contributed by atoms with E-state index in [-0.39, 0.29) is 6.61 Å². The molecule has 1 N–H and O–H groups in total. The molecule has 2 aromatic heterocycles. The lowest BCUT2D eigenvalue weighted by atomic mass is 10.3. The highest BCUT2D eigenvalue weighted by Gasteiger charge is 2.04. The molecule has 0 saturated heterocycles. The van der Waals surface area contributed by atoms with E-state index in [1.54, 1.807) is 36.1 Å². The average molecular weight is 235 g/mol. The first kappa shape index (κ1) is 10.6. The largest absolute Gasteiger partial charge is 0.444 e. The number of carbonyl (C=O) groups excluding carboxylic acids is 1. The van der Waals surface area contributed by atoms with Crippen LogP contribution < -0.4 is 5.32 Å². The summed E-state index contributed by atoms with van der Waals surface area (Å²) < 4.78 is 4.99. The number of rotatable bonds is 3. The zero-order chi connectivity index (χ0) is 11.2. The van der Waals surface area contributed by atoms with Gasteiger partial charge >= 0.3 is 6.09 Å². The Hall–Kier alpha value is -1.95. The molecule has 0 bridgehead atoms. The van der Waals surface area contributed by atoms with Crippen molar-refractivity contribution in [1.82, 2.24) is 9.97 Å². The Morgan fingerprint density at radius 2 is 2.19 bits per heavy atom. The average Bonchev–Trinajstić information content (AvgIpc) is 2.81. The molecule has 16 heavy (non-hydrogen) atoms. The summed E-state index contributed by atoms with van der Waals surface area (Å²) in [5, 5.41) is 4.83. The Morgan fingerprint density at radius 1 is 1.38 bits per heavy atom. The van der Waals surface area contributed by atoms with Gasteiger partial charge in [0.15, 0.2) is 5.13 Å². The van der Waals surface area contributed by atoms with Gasteiger partial charge in [0.1, 0.15) is 6.61 Å². The molecule has 2 heterocycles. The van der Waals surface area contributed by atoms with E-state index >= 15 is 0 Å². The van der Waals surface area contributed by atoms with Crippen LogP contribution in [0.25, 0.3) is 0 Å². The molecule has 0 unspecified atom stereocenters. The maximum atomic E-state index is 11.3. The van der Waals surface area contributed by atoms with Crippen LogP contribution in [0.2, 0.25) is 0 Å². The number of thiazole rings is 1. The highest BCUT2D eigenvalue weighted by atomic mass is 32.1. The predicted octanol–water partition coefficient (Wildman–Crippen LogP) is 2.29. The van der Waals surface area contributed by atoms with Crippen molar-refractivity contribution in [2.75, 3.05) is 5.32 Å². The zero-order valence-electron chi connectivity index (χ0n) is 8.29. The fraction of sp³-hybridized carbons (Fsp3) is 0.100. The van der Waals surface area contributed by atoms with Crippen LogP contribution in [0.15, 0.2) is 36.1 Å². The van der Waals surface area contributed by atoms with Crippen molar-refractivity contribution in [3.05, 3.63) is 41.7 Å². The van der Waals surface area contributed by atoms with Gasteiger partial charge in [-0.05, 0) is 17.7 Å². The number of aromatic nitrogens is 2. The van der Waals surface area contributed by atoms with Crippen molar-refractivity contribution >= 4 is 22.6 Å². The number of hydrogen-bond acceptors (Lipinski definition) is 5. The molecule has 0 atom stereocenters. The summed E-state index contributed by atoms with van der Waals surface area (Å²) in [4.78, 5) is 19.1. The Bertz CT molecular complexity index is 444. The van der Waals surface area contributed by atoms with E-state index < -0.39 is 6.09 Å². The Kier molecular flexibility index (Phi) is 3.45. The van der Waals surface area contributed by atoms with Gasteiger partial charge in [-0.1, -0.05) is 0 Å². The second-order valence-corrected chi connectivity index (χ2v) is 3.79. The number of ether oxygens (including phenoxy) is 1. The summed E-state index contributed by atoms with van der Waals surface area (Å²) in [5.74, 6) is 0. The van der Waals surface area contributed by atoms with Gasteiger partial charge in [0.25, 0.3) is 0 Å². The molecule has 0 aliphatic rings. The lowest BCUT2D eigenvalue weighted by Gasteiger charge is -2.04. The molecule has 0 radical (unpaired) electrons. The number of carbonyl (C=O) groups is 1. The van der Waals surface area contributed by atoms with E-state index in [0.717, 1.165) is 5.56 Å². The first-order chi connectivity index (χ1) is 7.84. The lowest BCUT2D eigenvalue weighted by Crippen LogP contribution is -2.13. The van der Waals surface area contributed by atoms with E-state index in [0.29, 0.717) is 5.13 Å². The van der Waals surface area contributed by atoms with E-state index in [9.17, 15) is 4.79 Å².